The second-order valence-corrected chi connectivity index (χ2v) is 15.5. The molecule has 30 heavy (non-hydrogen) atoms. The van der Waals surface area contributed by atoms with Gasteiger partial charge in [-0.2, -0.15) is 5.10 Å². The maximum Gasteiger partial charge on any atom is 0.495 e. The molecule has 0 atom stereocenters. The molecule has 1 saturated heterocycles. The molecule has 2 heterocycles. The summed E-state index contributed by atoms with van der Waals surface area (Å²) in [4.78, 5) is 4.05. The lowest BCUT2D eigenvalue weighted by Gasteiger charge is -2.32. The van der Waals surface area contributed by atoms with Gasteiger partial charge in [-0.25, -0.2) is 18.4 Å². The van der Waals surface area contributed by atoms with Crippen LogP contribution in [0.15, 0.2) is 18.5 Å². The van der Waals surface area contributed by atoms with Gasteiger partial charge < -0.3 is 14.0 Å². The van der Waals surface area contributed by atoms with E-state index >= 15 is 0 Å². The van der Waals surface area contributed by atoms with E-state index in [9.17, 15) is 8.78 Å². The van der Waals surface area contributed by atoms with E-state index in [2.05, 4.69) is 29.7 Å². The molecule has 0 N–H and O–H groups in total. The zero-order valence-electron chi connectivity index (χ0n) is 18.8. The summed E-state index contributed by atoms with van der Waals surface area (Å²) in [6, 6.07) is 3.44. The molecule has 164 valence electrons. The molecule has 0 unspecified atom stereocenters. The van der Waals surface area contributed by atoms with Crippen LogP contribution in [0.4, 0.5) is 8.78 Å². The van der Waals surface area contributed by atoms with Gasteiger partial charge in [0.1, 0.15) is 24.7 Å². The fourth-order valence-electron chi connectivity index (χ4n) is 3.00. The van der Waals surface area contributed by atoms with Crippen molar-refractivity contribution in [3.05, 3.63) is 30.1 Å². The summed E-state index contributed by atoms with van der Waals surface area (Å²) in [5, 5.41) is 4.06. The standard InChI is InChI=1S/C20H30BF2N3O3Si/c1-19(2)20(3,4)29-21(28-19)14-10-15(22)17(16(23)11-14)18-24-12-25-26(18)13-27-8-9-30(5,6)7/h10-12H,8-9,13H2,1-7H3. The van der Waals surface area contributed by atoms with Crippen molar-refractivity contribution in [1.29, 1.82) is 0 Å². The molecule has 0 radical (unpaired) electrons. The summed E-state index contributed by atoms with van der Waals surface area (Å²) in [6.45, 7) is 15.0. The molecular formula is C20H30BF2N3O3Si. The lowest BCUT2D eigenvalue weighted by Crippen LogP contribution is -2.41. The number of hydrogen-bond acceptors (Lipinski definition) is 5. The fraction of sp³-hybridized carbons (Fsp3) is 0.600. The van der Waals surface area contributed by atoms with Gasteiger partial charge in [-0.05, 0) is 51.3 Å². The molecule has 3 rings (SSSR count). The second-order valence-electron chi connectivity index (χ2n) is 9.88. The third-order valence-corrected chi connectivity index (χ3v) is 7.34. The van der Waals surface area contributed by atoms with Crippen LogP contribution in [0.1, 0.15) is 27.7 Å². The van der Waals surface area contributed by atoms with Crippen LogP contribution in [0.2, 0.25) is 25.7 Å². The quantitative estimate of drug-likeness (QED) is 0.487. The number of aromatic nitrogens is 3. The number of benzene rings is 1. The highest BCUT2D eigenvalue weighted by Crippen LogP contribution is 2.37. The number of hydrogen-bond donors (Lipinski definition) is 0. The van der Waals surface area contributed by atoms with Crippen LogP contribution in [-0.4, -0.2) is 47.8 Å². The minimum atomic E-state index is -1.23. The van der Waals surface area contributed by atoms with Crippen molar-refractivity contribution in [1.82, 2.24) is 14.8 Å². The molecule has 10 heteroatoms. The highest BCUT2D eigenvalue weighted by Gasteiger charge is 2.52. The molecule has 6 nitrogen and oxygen atoms in total. The van der Waals surface area contributed by atoms with Crippen LogP contribution < -0.4 is 5.46 Å². The molecule has 0 saturated carbocycles. The largest absolute Gasteiger partial charge is 0.495 e. The zero-order chi connectivity index (χ0) is 22.3. The predicted octanol–water partition coefficient (Wildman–Crippen LogP) is 3.83. The van der Waals surface area contributed by atoms with E-state index in [0.717, 1.165) is 6.04 Å². The summed E-state index contributed by atoms with van der Waals surface area (Å²) in [6.07, 6.45) is 1.26. The van der Waals surface area contributed by atoms with Crippen molar-refractivity contribution in [2.45, 2.75) is 71.3 Å². The molecule has 1 aromatic heterocycles. The average molecular weight is 437 g/mol. The first kappa shape index (κ1) is 23.1. The van der Waals surface area contributed by atoms with E-state index in [1.807, 2.05) is 27.7 Å². The van der Waals surface area contributed by atoms with Gasteiger partial charge in [0.2, 0.25) is 0 Å². The summed E-state index contributed by atoms with van der Waals surface area (Å²) in [5.74, 6) is -1.43. The molecule has 0 bridgehead atoms. The Morgan fingerprint density at radius 2 is 1.63 bits per heavy atom. The summed E-state index contributed by atoms with van der Waals surface area (Å²) in [5.41, 5.74) is -1.17. The molecular weight excluding hydrogens is 407 g/mol. The van der Waals surface area contributed by atoms with Crippen LogP contribution >= 0.6 is 0 Å². The van der Waals surface area contributed by atoms with Gasteiger partial charge in [0.15, 0.2) is 5.82 Å². The Morgan fingerprint density at radius 3 is 2.17 bits per heavy atom. The van der Waals surface area contributed by atoms with Crippen molar-refractivity contribution in [3.63, 3.8) is 0 Å². The van der Waals surface area contributed by atoms with Crippen LogP contribution in [0.3, 0.4) is 0 Å². The van der Waals surface area contributed by atoms with Crippen LogP contribution in [0.25, 0.3) is 11.4 Å². The molecule has 2 aromatic rings. The lowest BCUT2D eigenvalue weighted by molar-refractivity contribution is 0.00578. The number of halogens is 2. The van der Waals surface area contributed by atoms with Crippen LogP contribution in [0.5, 0.6) is 0 Å². The average Bonchev–Trinajstić information content (AvgIpc) is 3.12. The van der Waals surface area contributed by atoms with Gasteiger partial charge in [0, 0.05) is 14.7 Å². The summed E-state index contributed by atoms with van der Waals surface area (Å²) < 4.78 is 48.8. The first-order valence-corrected chi connectivity index (χ1v) is 13.8. The Balaban J connectivity index is 1.80. The number of rotatable bonds is 7. The van der Waals surface area contributed by atoms with Crippen molar-refractivity contribution in [3.8, 4) is 11.4 Å². The van der Waals surface area contributed by atoms with E-state index in [-0.39, 0.29) is 23.6 Å². The molecule has 1 aliphatic heterocycles. The van der Waals surface area contributed by atoms with E-state index in [0.29, 0.717) is 6.61 Å². The molecule has 1 aromatic carbocycles. The van der Waals surface area contributed by atoms with Gasteiger partial charge in [-0.15, -0.1) is 0 Å². The van der Waals surface area contributed by atoms with Crippen LogP contribution in [-0.2, 0) is 20.8 Å². The second kappa shape index (κ2) is 8.14. The van der Waals surface area contributed by atoms with Gasteiger partial charge >= 0.3 is 7.12 Å². The van der Waals surface area contributed by atoms with E-state index < -0.39 is 38.0 Å². The first-order chi connectivity index (χ1) is 13.8. The van der Waals surface area contributed by atoms with Crippen molar-refractivity contribution in [2.24, 2.45) is 0 Å². The zero-order valence-corrected chi connectivity index (χ0v) is 19.8. The maximum absolute atomic E-state index is 15.0. The maximum atomic E-state index is 15.0. The van der Waals surface area contributed by atoms with E-state index in [4.69, 9.17) is 14.0 Å². The highest BCUT2D eigenvalue weighted by atomic mass is 28.3. The Labute approximate surface area is 178 Å². The molecule has 0 spiro atoms. The van der Waals surface area contributed by atoms with Crippen LogP contribution in [0, 0.1) is 11.6 Å². The Kier molecular flexibility index (Phi) is 6.26. The number of nitrogens with zero attached hydrogens (tertiary/aromatic N) is 3. The molecule has 1 aliphatic rings. The molecule has 0 amide bonds. The Morgan fingerprint density at radius 1 is 1.07 bits per heavy atom. The van der Waals surface area contributed by atoms with E-state index in [1.54, 1.807) is 0 Å². The Bertz CT molecular complexity index is 876. The summed E-state index contributed by atoms with van der Waals surface area (Å²) >= 11 is 0. The number of ether oxygens (including phenoxy) is 1. The minimum Gasteiger partial charge on any atom is -0.399 e. The van der Waals surface area contributed by atoms with Gasteiger partial charge in [0.25, 0.3) is 0 Å². The lowest BCUT2D eigenvalue weighted by atomic mass is 9.78. The minimum absolute atomic E-state index is 0.0810. The predicted molar refractivity (Wildman–Crippen MR) is 115 cm³/mol. The van der Waals surface area contributed by atoms with Crippen molar-refractivity contribution < 1.29 is 22.8 Å². The van der Waals surface area contributed by atoms with Crippen molar-refractivity contribution in [2.75, 3.05) is 6.61 Å². The molecule has 0 aliphatic carbocycles. The van der Waals surface area contributed by atoms with Gasteiger partial charge in [-0.1, -0.05) is 19.6 Å². The SMILES string of the molecule is CC1(C)OB(c2cc(F)c(-c3ncnn3COCC[Si](C)(C)C)c(F)c2)OC1(C)C. The Hall–Kier alpha value is -1.62. The summed E-state index contributed by atoms with van der Waals surface area (Å²) in [7, 11) is -2.08. The monoisotopic (exact) mass is 437 g/mol. The normalized spacial score (nSPS) is 18.2. The topological polar surface area (TPSA) is 58.4 Å². The smallest absolute Gasteiger partial charge is 0.399 e. The molecule has 1 fully saturated rings. The third kappa shape index (κ3) is 4.82. The first-order valence-electron chi connectivity index (χ1n) is 10.1. The van der Waals surface area contributed by atoms with Gasteiger partial charge in [0.05, 0.1) is 16.8 Å². The fourth-order valence-corrected chi connectivity index (χ4v) is 3.76. The van der Waals surface area contributed by atoms with Crippen molar-refractivity contribution >= 4 is 20.7 Å². The third-order valence-electron chi connectivity index (χ3n) is 5.64. The van der Waals surface area contributed by atoms with E-state index in [1.165, 1.54) is 23.1 Å². The van der Waals surface area contributed by atoms with Gasteiger partial charge in [-0.3, -0.25) is 0 Å². The highest BCUT2D eigenvalue weighted by molar-refractivity contribution is 6.76.